The van der Waals surface area contributed by atoms with Crippen LogP contribution in [0.15, 0.2) is 30.3 Å². The second kappa shape index (κ2) is 6.49. The van der Waals surface area contributed by atoms with Gasteiger partial charge in [-0.05, 0) is 24.6 Å². The highest BCUT2D eigenvalue weighted by atomic mass is 35.5. The van der Waals surface area contributed by atoms with Crippen molar-refractivity contribution >= 4 is 23.1 Å². The average Bonchev–Trinajstić information content (AvgIpc) is 2.47. The first-order valence-corrected chi connectivity index (χ1v) is 6.75. The maximum absolute atomic E-state index is 13.4. The first kappa shape index (κ1) is 15.2. The maximum Gasteiger partial charge on any atom is 0.275 e. The summed E-state index contributed by atoms with van der Waals surface area (Å²) in [5, 5.41) is 14.3. The molecule has 0 saturated heterocycles. The van der Waals surface area contributed by atoms with Gasteiger partial charge in [0.1, 0.15) is 11.6 Å². The van der Waals surface area contributed by atoms with Gasteiger partial charge in [-0.3, -0.25) is 10.1 Å². The van der Waals surface area contributed by atoms with Crippen molar-refractivity contribution in [3.8, 4) is 11.3 Å². The second-order valence-corrected chi connectivity index (χ2v) is 4.81. The third-order valence-corrected chi connectivity index (χ3v) is 3.11. The van der Waals surface area contributed by atoms with Crippen LogP contribution >= 0.6 is 11.6 Å². The Morgan fingerprint density at radius 3 is 2.81 bits per heavy atom. The van der Waals surface area contributed by atoms with Crippen LogP contribution in [0.5, 0.6) is 0 Å². The minimum Gasteiger partial charge on any atom is -0.370 e. The summed E-state index contributed by atoms with van der Waals surface area (Å²) in [6, 6.07) is 6.44. The highest BCUT2D eigenvalue weighted by molar-refractivity contribution is 6.33. The summed E-state index contributed by atoms with van der Waals surface area (Å²) in [5.74, 6) is -0.118. The number of aromatic nitrogens is 1. The van der Waals surface area contributed by atoms with Gasteiger partial charge in [-0.15, -0.1) is 0 Å². The zero-order valence-corrected chi connectivity index (χ0v) is 12.0. The lowest BCUT2D eigenvalue weighted by atomic mass is 10.1. The van der Waals surface area contributed by atoms with E-state index in [0.29, 0.717) is 17.9 Å². The number of anilines is 1. The summed E-state index contributed by atoms with van der Waals surface area (Å²) in [6.07, 6.45) is 0.848. The molecule has 0 aliphatic carbocycles. The number of nitro groups is 1. The van der Waals surface area contributed by atoms with Crippen LogP contribution in [0, 0.1) is 15.9 Å². The van der Waals surface area contributed by atoms with Crippen LogP contribution in [-0.4, -0.2) is 16.5 Å². The van der Waals surface area contributed by atoms with E-state index in [-0.39, 0.29) is 16.4 Å². The molecule has 7 heteroatoms. The molecule has 0 amide bonds. The summed E-state index contributed by atoms with van der Waals surface area (Å²) < 4.78 is 13.4. The molecule has 0 fully saturated rings. The quantitative estimate of drug-likeness (QED) is 0.661. The molecular weight excluding hydrogens is 297 g/mol. The summed E-state index contributed by atoms with van der Waals surface area (Å²) in [6.45, 7) is 2.60. The Balaban J connectivity index is 2.53. The van der Waals surface area contributed by atoms with E-state index in [1.807, 2.05) is 6.92 Å². The molecule has 0 aliphatic rings. The standard InChI is InChI=1S/C14H13ClFN3O2/c1-2-5-17-14-8-10(19(20)21)7-13(18-14)11-6-9(16)3-4-12(11)15/h3-4,6-8H,2,5H2,1H3,(H,17,18). The minimum absolute atomic E-state index is 0.126. The molecule has 0 atom stereocenters. The van der Waals surface area contributed by atoms with Crippen molar-refractivity contribution < 1.29 is 9.31 Å². The van der Waals surface area contributed by atoms with Crippen LogP contribution in [0.2, 0.25) is 5.02 Å². The Bertz CT molecular complexity index is 679. The molecule has 0 saturated carbocycles. The highest BCUT2D eigenvalue weighted by Crippen LogP contribution is 2.31. The minimum atomic E-state index is -0.518. The smallest absolute Gasteiger partial charge is 0.275 e. The molecule has 21 heavy (non-hydrogen) atoms. The first-order chi connectivity index (χ1) is 10.0. The van der Waals surface area contributed by atoms with Gasteiger partial charge in [0, 0.05) is 18.2 Å². The molecule has 5 nitrogen and oxygen atoms in total. The predicted molar refractivity (Wildman–Crippen MR) is 80.1 cm³/mol. The zero-order chi connectivity index (χ0) is 15.4. The summed E-state index contributed by atoms with van der Waals surface area (Å²) in [7, 11) is 0. The van der Waals surface area contributed by atoms with Gasteiger partial charge in [0.05, 0.1) is 21.7 Å². The Labute approximate surface area is 125 Å². The van der Waals surface area contributed by atoms with E-state index < -0.39 is 10.7 Å². The summed E-state index contributed by atoms with van der Waals surface area (Å²) >= 11 is 6.02. The van der Waals surface area contributed by atoms with E-state index in [1.165, 1.54) is 30.3 Å². The van der Waals surface area contributed by atoms with Crippen molar-refractivity contribution in [1.82, 2.24) is 4.98 Å². The first-order valence-electron chi connectivity index (χ1n) is 6.37. The fourth-order valence-electron chi connectivity index (χ4n) is 1.80. The van der Waals surface area contributed by atoms with Gasteiger partial charge in [0.2, 0.25) is 0 Å². The van der Waals surface area contributed by atoms with Crippen LogP contribution in [0.1, 0.15) is 13.3 Å². The van der Waals surface area contributed by atoms with Gasteiger partial charge in [-0.25, -0.2) is 9.37 Å². The third-order valence-electron chi connectivity index (χ3n) is 2.78. The van der Waals surface area contributed by atoms with Gasteiger partial charge in [-0.1, -0.05) is 18.5 Å². The molecule has 0 bridgehead atoms. The molecule has 2 aromatic rings. The van der Waals surface area contributed by atoms with Gasteiger partial charge in [0.15, 0.2) is 0 Å². The van der Waals surface area contributed by atoms with Crippen molar-refractivity contribution in [2.75, 3.05) is 11.9 Å². The van der Waals surface area contributed by atoms with Crippen LogP contribution in [0.4, 0.5) is 15.9 Å². The van der Waals surface area contributed by atoms with Crippen molar-refractivity contribution in [1.29, 1.82) is 0 Å². The fraction of sp³-hybridized carbons (Fsp3) is 0.214. The number of hydrogen-bond acceptors (Lipinski definition) is 4. The summed E-state index contributed by atoms with van der Waals surface area (Å²) in [4.78, 5) is 14.7. The van der Waals surface area contributed by atoms with Crippen molar-refractivity contribution in [2.45, 2.75) is 13.3 Å². The number of nitrogens with one attached hydrogen (secondary N) is 1. The Morgan fingerprint density at radius 2 is 2.14 bits per heavy atom. The van der Waals surface area contributed by atoms with Crippen molar-refractivity contribution in [2.24, 2.45) is 0 Å². The molecule has 0 aliphatic heterocycles. The normalized spacial score (nSPS) is 10.4. The second-order valence-electron chi connectivity index (χ2n) is 4.40. The van der Waals surface area contributed by atoms with Crippen molar-refractivity contribution in [3.63, 3.8) is 0 Å². The molecule has 0 radical (unpaired) electrons. The Hall–Kier alpha value is -2.21. The molecule has 2 rings (SSSR count). The largest absolute Gasteiger partial charge is 0.370 e. The van der Waals surface area contributed by atoms with Crippen molar-refractivity contribution in [3.05, 3.63) is 51.3 Å². The van der Waals surface area contributed by atoms with E-state index in [4.69, 9.17) is 11.6 Å². The number of rotatable bonds is 5. The molecule has 1 N–H and O–H groups in total. The van der Waals surface area contributed by atoms with E-state index in [0.717, 1.165) is 6.42 Å². The lowest BCUT2D eigenvalue weighted by molar-refractivity contribution is -0.384. The number of halogens is 2. The van der Waals surface area contributed by atoms with E-state index in [1.54, 1.807) is 0 Å². The lowest BCUT2D eigenvalue weighted by Crippen LogP contribution is -2.03. The topological polar surface area (TPSA) is 68.1 Å². The number of hydrogen-bond donors (Lipinski definition) is 1. The third kappa shape index (κ3) is 3.66. The highest BCUT2D eigenvalue weighted by Gasteiger charge is 2.14. The zero-order valence-electron chi connectivity index (χ0n) is 11.3. The molecule has 0 spiro atoms. The summed E-state index contributed by atoms with van der Waals surface area (Å²) in [5.41, 5.74) is 0.450. The molecule has 1 heterocycles. The molecule has 1 aromatic heterocycles. The predicted octanol–water partition coefficient (Wildman–Crippen LogP) is 4.27. The molecule has 1 aromatic carbocycles. The average molecular weight is 310 g/mol. The SMILES string of the molecule is CCCNc1cc([N+](=O)[O-])cc(-c2cc(F)ccc2Cl)n1. The molecule has 0 unspecified atom stereocenters. The Kier molecular flexibility index (Phi) is 4.70. The fourth-order valence-corrected chi connectivity index (χ4v) is 2.01. The van der Waals surface area contributed by atoms with Gasteiger partial charge >= 0.3 is 0 Å². The molecular formula is C14H13ClFN3O2. The maximum atomic E-state index is 13.4. The van der Waals surface area contributed by atoms with Crippen LogP contribution < -0.4 is 5.32 Å². The monoisotopic (exact) mass is 309 g/mol. The van der Waals surface area contributed by atoms with Gasteiger partial charge in [0.25, 0.3) is 5.69 Å². The van der Waals surface area contributed by atoms with Gasteiger partial charge < -0.3 is 5.32 Å². The van der Waals surface area contributed by atoms with E-state index in [2.05, 4.69) is 10.3 Å². The van der Waals surface area contributed by atoms with E-state index in [9.17, 15) is 14.5 Å². The van der Waals surface area contributed by atoms with Crippen LogP contribution in [-0.2, 0) is 0 Å². The lowest BCUT2D eigenvalue weighted by Gasteiger charge is -2.08. The van der Waals surface area contributed by atoms with E-state index >= 15 is 0 Å². The molecule has 110 valence electrons. The Morgan fingerprint density at radius 1 is 1.38 bits per heavy atom. The number of benzene rings is 1. The number of pyridine rings is 1. The van der Waals surface area contributed by atoms with Crippen LogP contribution in [0.3, 0.4) is 0 Å². The van der Waals surface area contributed by atoms with Crippen LogP contribution in [0.25, 0.3) is 11.3 Å². The van der Waals surface area contributed by atoms with Gasteiger partial charge in [-0.2, -0.15) is 0 Å². The number of nitrogens with zero attached hydrogens (tertiary/aromatic N) is 2.